The van der Waals surface area contributed by atoms with Crippen molar-refractivity contribution in [2.75, 3.05) is 10.6 Å². The molecule has 0 atom stereocenters. The van der Waals surface area contributed by atoms with Gasteiger partial charge in [-0.2, -0.15) is 0 Å². The molecule has 0 unspecified atom stereocenters. The third-order valence-corrected chi connectivity index (χ3v) is 5.82. The lowest BCUT2D eigenvalue weighted by Crippen LogP contribution is -2.16. The molecule has 0 saturated carbocycles. The monoisotopic (exact) mass is 504 g/mol. The van der Waals surface area contributed by atoms with Gasteiger partial charge >= 0.3 is 0 Å². The van der Waals surface area contributed by atoms with Gasteiger partial charge in [0, 0.05) is 27.3 Å². The minimum Gasteiger partial charge on any atom is -0.321 e. The number of carbonyl (C=O) groups is 2. The number of aromatic nitrogens is 2. The number of benzene rings is 3. The van der Waals surface area contributed by atoms with Crippen LogP contribution in [0.15, 0.2) is 116 Å². The standard InChI is InChI=1S/C30H21ClN4O2/c31-24-16-22(29(36)34-25-11-13-27(32-18-25)20-7-3-1-4-8-20)15-23(17-24)30(37)35-26-12-14-28(33-19-26)21-9-5-2-6-10-21/h1-19H,(H,34,36)(H,35,37). The summed E-state index contributed by atoms with van der Waals surface area (Å²) in [5, 5.41) is 5.87. The maximum atomic E-state index is 12.9. The third-order valence-electron chi connectivity index (χ3n) is 5.60. The molecule has 0 aliphatic carbocycles. The molecule has 3 aromatic carbocycles. The van der Waals surface area contributed by atoms with Crippen LogP contribution in [0.2, 0.25) is 5.02 Å². The SMILES string of the molecule is O=C(Nc1ccc(-c2ccccc2)nc1)c1cc(Cl)cc(C(=O)Nc2ccc(-c3ccccc3)nc2)c1. The molecule has 37 heavy (non-hydrogen) atoms. The van der Waals surface area contributed by atoms with Crippen molar-refractivity contribution in [2.45, 2.75) is 0 Å². The Labute approximate surface area is 219 Å². The van der Waals surface area contributed by atoms with Crippen LogP contribution >= 0.6 is 11.6 Å². The summed E-state index contributed by atoms with van der Waals surface area (Å²) in [5.41, 5.74) is 5.12. The van der Waals surface area contributed by atoms with Crippen molar-refractivity contribution in [3.05, 3.63) is 132 Å². The van der Waals surface area contributed by atoms with Crippen molar-refractivity contribution in [1.29, 1.82) is 0 Å². The fraction of sp³-hybridized carbons (Fsp3) is 0. The highest BCUT2D eigenvalue weighted by molar-refractivity contribution is 6.31. The molecule has 2 heterocycles. The first-order chi connectivity index (χ1) is 18.0. The maximum absolute atomic E-state index is 12.9. The fourth-order valence-electron chi connectivity index (χ4n) is 3.75. The van der Waals surface area contributed by atoms with Gasteiger partial charge in [-0.05, 0) is 42.5 Å². The van der Waals surface area contributed by atoms with Gasteiger partial charge in [0.25, 0.3) is 11.8 Å². The number of anilines is 2. The van der Waals surface area contributed by atoms with Crippen molar-refractivity contribution in [2.24, 2.45) is 0 Å². The first kappa shape index (κ1) is 23.9. The minimum atomic E-state index is -0.403. The molecule has 0 saturated heterocycles. The van der Waals surface area contributed by atoms with Crippen LogP contribution in [0.1, 0.15) is 20.7 Å². The van der Waals surface area contributed by atoms with Crippen molar-refractivity contribution < 1.29 is 9.59 Å². The van der Waals surface area contributed by atoms with Crippen LogP contribution in [-0.2, 0) is 0 Å². The highest BCUT2D eigenvalue weighted by atomic mass is 35.5. The zero-order chi connectivity index (χ0) is 25.6. The largest absolute Gasteiger partial charge is 0.321 e. The zero-order valence-electron chi connectivity index (χ0n) is 19.6. The summed E-state index contributed by atoms with van der Waals surface area (Å²) >= 11 is 6.24. The average Bonchev–Trinajstić information content (AvgIpc) is 2.94. The molecule has 0 aliphatic heterocycles. The first-order valence-electron chi connectivity index (χ1n) is 11.5. The topological polar surface area (TPSA) is 84.0 Å². The van der Waals surface area contributed by atoms with E-state index >= 15 is 0 Å². The Morgan fingerprint density at radius 3 is 1.38 bits per heavy atom. The fourth-order valence-corrected chi connectivity index (χ4v) is 3.99. The first-order valence-corrected chi connectivity index (χ1v) is 11.9. The molecule has 0 radical (unpaired) electrons. The summed E-state index contributed by atoms with van der Waals surface area (Å²) in [6, 6.07) is 31.2. The van der Waals surface area contributed by atoms with Crippen LogP contribution in [0, 0.1) is 0 Å². The van der Waals surface area contributed by atoms with E-state index in [4.69, 9.17) is 11.6 Å². The molecular weight excluding hydrogens is 484 g/mol. The van der Waals surface area contributed by atoms with Gasteiger partial charge in [-0.15, -0.1) is 0 Å². The molecule has 0 fully saturated rings. The quantitative estimate of drug-likeness (QED) is 0.261. The molecule has 6 nitrogen and oxygen atoms in total. The Bertz CT molecular complexity index is 1420. The summed E-state index contributed by atoms with van der Waals surface area (Å²) < 4.78 is 0. The Hall–Kier alpha value is -4.81. The van der Waals surface area contributed by atoms with Crippen molar-refractivity contribution >= 4 is 34.8 Å². The number of halogens is 1. The van der Waals surface area contributed by atoms with Crippen molar-refractivity contribution in [3.63, 3.8) is 0 Å². The number of carbonyl (C=O) groups excluding carboxylic acids is 2. The predicted octanol–water partition coefficient (Wildman–Crippen LogP) is 6.97. The van der Waals surface area contributed by atoms with Crippen LogP contribution in [-0.4, -0.2) is 21.8 Å². The Kier molecular flexibility index (Phi) is 7.01. The van der Waals surface area contributed by atoms with Crippen LogP contribution in [0.5, 0.6) is 0 Å². The lowest BCUT2D eigenvalue weighted by molar-refractivity contribution is 0.102. The van der Waals surface area contributed by atoms with Crippen LogP contribution in [0.25, 0.3) is 22.5 Å². The number of pyridine rings is 2. The predicted molar refractivity (Wildman–Crippen MR) is 147 cm³/mol. The van der Waals surface area contributed by atoms with Gasteiger partial charge in [0.05, 0.1) is 35.2 Å². The van der Waals surface area contributed by atoms with Crippen LogP contribution in [0.3, 0.4) is 0 Å². The number of hydrogen-bond donors (Lipinski definition) is 2. The summed E-state index contributed by atoms with van der Waals surface area (Å²) in [5.74, 6) is -0.806. The lowest BCUT2D eigenvalue weighted by Gasteiger charge is -2.10. The van der Waals surface area contributed by atoms with E-state index in [1.54, 1.807) is 24.5 Å². The minimum absolute atomic E-state index is 0.252. The Morgan fingerprint density at radius 2 is 1.00 bits per heavy atom. The molecule has 0 bridgehead atoms. The smallest absolute Gasteiger partial charge is 0.255 e. The van der Waals surface area contributed by atoms with E-state index < -0.39 is 11.8 Å². The van der Waals surface area contributed by atoms with Gasteiger partial charge in [0.2, 0.25) is 0 Å². The number of hydrogen-bond acceptors (Lipinski definition) is 4. The summed E-state index contributed by atoms with van der Waals surface area (Å²) in [6.07, 6.45) is 3.18. The van der Waals surface area contributed by atoms with Crippen molar-refractivity contribution in [3.8, 4) is 22.5 Å². The molecule has 7 heteroatoms. The van der Waals surface area contributed by atoms with Crippen LogP contribution < -0.4 is 10.6 Å². The second-order valence-electron chi connectivity index (χ2n) is 8.23. The van der Waals surface area contributed by atoms with E-state index in [1.807, 2.05) is 72.8 Å². The van der Waals surface area contributed by atoms with E-state index in [2.05, 4.69) is 20.6 Å². The molecule has 2 N–H and O–H groups in total. The highest BCUT2D eigenvalue weighted by Crippen LogP contribution is 2.22. The van der Waals surface area contributed by atoms with Gasteiger partial charge in [0.1, 0.15) is 0 Å². The van der Waals surface area contributed by atoms with E-state index in [1.165, 1.54) is 18.2 Å². The van der Waals surface area contributed by atoms with Crippen molar-refractivity contribution in [1.82, 2.24) is 9.97 Å². The van der Waals surface area contributed by atoms with Gasteiger partial charge in [-0.25, -0.2) is 0 Å². The zero-order valence-corrected chi connectivity index (χ0v) is 20.3. The second-order valence-corrected chi connectivity index (χ2v) is 8.67. The Balaban J connectivity index is 1.27. The molecule has 180 valence electrons. The summed E-state index contributed by atoms with van der Waals surface area (Å²) in [6.45, 7) is 0. The normalized spacial score (nSPS) is 10.5. The van der Waals surface area contributed by atoms with Gasteiger partial charge in [0.15, 0.2) is 0 Å². The third kappa shape index (κ3) is 5.89. The Morgan fingerprint density at radius 1 is 0.568 bits per heavy atom. The molecule has 0 aliphatic rings. The number of nitrogens with one attached hydrogen (secondary N) is 2. The van der Waals surface area contributed by atoms with E-state index in [-0.39, 0.29) is 16.1 Å². The summed E-state index contributed by atoms with van der Waals surface area (Å²) in [4.78, 5) is 34.6. The number of rotatable bonds is 6. The molecule has 2 amide bonds. The molecule has 0 spiro atoms. The van der Waals surface area contributed by atoms with E-state index in [0.29, 0.717) is 11.4 Å². The number of amides is 2. The highest BCUT2D eigenvalue weighted by Gasteiger charge is 2.14. The summed E-state index contributed by atoms with van der Waals surface area (Å²) in [7, 11) is 0. The lowest BCUT2D eigenvalue weighted by atomic mass is 10.1. The molecule has 2 aromatic heterocycles. The maximum Gasteiger partial charge on any atom is 0.255 e. The molecular formula is C30H21ClN4O2. The number of nitrogens with zero attached hydrogens (tertiary/aromatic N) is 2. The van der Waals surface area contributed by atoms with E-state index in [9.17, 15) is 9.59 Å². The van der Waals surface area contributed by atoms with Crippen LogP contribution in [0.4, 0.5) is 11.4 Å². The molecule has 5 aromatic rings. The van der Waals surface area contributed by atoms with Gasteiger partial charge < -0.3 is 10.6 Å². The second kappa shape index (κ2) is 10.8. The van der Waals surface area contributed by atoms with Gasteiger partial charge in [-0.3, -0.25) is 19.6 Å². The van der Waals surface area contributed by atoms with Gasteiger partial charge in [-0.1, -0.05) is 72.3 Å². The average molecular weight is 505 g/mol. The molecule has 5 rings (SSSR count). The van der Waals surface area contributed by atoms with E-state index in [0.717, 1.165) is 22.5 Å².